The molecule has 1 heterocycles. The molecule has 0 fully saturated rings. The van der Waals surface area contributed by atoms with Crippen molar-refractivity contribution in [3.05, 3.63) is 40.6 Å². The maximum absolute atomic E-state index is 10.9. The van der Waals surface area contributed by atoms with E-state index in [2.05, 4.69) is 10.3 Å². The molecule has 2 aromatic rings. The maximum Gasteiger partial charge on any atom is 0.278 e. The van der Waals surface area contributed by atoms with Crippen molar-refractivity contribution in [2.75, 3.05) is 5.32 Å². The summed E-state index contributed by atoms with van der Waals surface area (Å²) in [5, 5.41) is 20.9. The van der Waals surface area contributed by atoms with E-state index in [1.807, 2.05) is 0 Å². The fourth-order valence-electron chi connectivity index (χ4n) is 1.41. The number of hydrogen-bond donors (Lipinski definition) is 3. The van der Waals surface area contributed by atoms with E-state index in [4.69, 9.17) is 11.1 Å². The number of hydrogen-bond acceptors (Lipinski definition) is 5. The predicted octanol–water partition coefficient (Wildman–Crippen LogP) is 2.02. The molecule has 0 spiro atoms. The molecule has 0 aliphatic rings. The van der Waals surface area contributed by atoms with Gasteiger partial charge in [-0.1, -0.05) is 23.5 Å². The van der Waals surface area contributed by atoms with Crippen LogP contribution in [-0.2, 0) is 0 Å². The van der Waals surface area contributed by atoms with Crippen molar-refractivity contribution >= 4 is 28.1 Å². The number of anilines is 1. The van der Waals surface area contributed by atoms with Crippen molar-refractivity contribution in [1.82, 2.24) is 4.98 Å². The van der Waals surface area contributed by atoms with Crippen LogP contribution in [0.15, 0.2) is 30.5 Å². The number of benzene rings is 1. The summed E-state index contributed by atoms with van der Waals surface area (Å²) in [5.41, 5.74) is 5.70. The first-order valence-electron chi connectivity index (χ1n) is 4.88. The van der Waals surface area contributed by atoms with E-state index in [-0.39, 0.29) is 11.6 Å². The summed E-state index contributed by atoms with van der Waals surface area (Å²) in [5.74, 6) is -0.224. The monoisotopic (exact) mass is 263 g/mol. The highest BCUT2D eigenvalue weighted by Gasteiger charge is 2.16. The minimum Gasteiger partial charge on any atom is -0.370 e. The van der Waals surface area contributed by atoms with Crippen LogP contribution in [-0.4, -0.2) is 15.9 Å². The molecule has 0 aliphatic carbocycles. The van der Waals surface area contributed by atoms with Gasteiger partial charge in [0.2, 0.25) is 0 Å². The number of nitrogens with zero attached hydrogens (tertiary/aromatic N) is 2. The van der Waals surface area contributed by atoms with Crippen molar-refractivity contribution in [2.24, 2.45) is 5.73 Å². The largest absolute Gasteiger partial charge is 0.370 e. The zero-order valence-corrected chi connectivity index (χ0v) is 9.90. The molecular formula is C10H9N5O2S. The minimum atomic E-state index is -0.437. The summed E-state index contributed by atoms with van der Waals surface area (Å²) in [6.45, 7) is 0. The summed E-state index contributed by atoms with van der Waals surface area (Å²) in [6, 6.07) is 6.42. The van der Waals surface area contributed by atoms with Crippen LogP contribution in [0.2, 0.25) is 0 Å². The average molecular weight is 263 g/mol. The minimum absolute atomic E-state index is 0.0236. The molecule has 0 saturated heterocycles. The van der Waals surface area contributed by atoms with Gasteiger partial charge in [-0.15, -0.1) is 0 Å². The number of para-hydroxylation sites is 1. The van der Waals surface area contributed by atoms with Gasteiger partial charge in [0.05, 0.1) is 15.4 Å². The first-order valence-corrected chi connectivity index (χ1v) is 5.70. The third kappa shape index (κ3) is 2.43. The molecule has 0 atom stereocenters. The van der Waals surface area contributed by atoms with Crippen LogP contribution in [0.3, 0.4) is 0 Å². The van der Waals surface area contributed by atoms with Gasteiger partial charge in [-0.05, 0) is 6.07 Å². The first kappa shape index (κ1) is 12.0. The van der Waals surface area contributed by atoms with Gasteiger partial charge in [0.25, 0.3) is 5.69 Å². The molecule has 2 rings (SSSR count). The predicted molar refractivity (Wildman–Crippen MR) is 69.7 cm³/mol. The number of nitrogens with one attached hydrogen (secondary N) is 2. The number of nitrogens with two attached hydrogens (primary N) is 1. The third-order valence-electron chi connectivity index (χ3n) is 2.11. The van der Waals surface area contributed by atoms with Crippen molar-refractivity contribution in [1.29, 1.82) is 5.41 Å². The molecule has 1 aromatic heterocycles. The Bertz CT molecular complexity index is 610. The Morgan fingerprint density at radius 3 is 2.89 bits per heavy atom. The van der Waals surface area contributed by atoms with Gasteiger partial charge < -0.3 is 11.1 Å². The molecule has 4 N–H and O–H groups in total. The molecule has 7 nitrogen and oxygen atoms in total. The van der Waals surface area contributed by atoms with Crippen LogP contribution in [0.25, 0.3) is 10.4 Å². The fourth-order valence-corrected chi connectivity index (χ4v) is 2.28. The highest BCUT2D eigenvalue weighted by atomic mass is 32.1. The normalized spacial score (nSPS) is 10.0. The van der Waals surface area contributed by atoms with Crippen LogP contribution in [0.4, 0.5) is 10.8 Å². The highest BCUT2D eigenvalue weighted by molar-refractivity contribution is 7.19. The molecule has 0 bridgehead atoms. The van der Waals surface area contributed by atoms with Crippen molar-refractivity contribution in [3.8, 4) is 10.4 Å². The van der Waals surface area contributed by atoms with Crippen LogP contribution in [0.1, 0.15) is 0 Å². The average Bonchev–Trinajstić information content (AvgIpc) is 2.76. The molecule has 1 aromatic carbocycles. The Labute approximate surface area is 106 Å². The Morgan fingerprint density at radius 1 is 1.50 bits per heavy atom. The van der Waals surface area contributed by atoms with Gasteiger partial charge in [0.15, 0.2) is 11.1 Å². The van der Waals surface area contributed by atoms with E-state index in [9.17, 15) is 10.1 Å². The van der Waals surface area contributed by atoms with E-state index in [1.54, 1.807) is 18.2 Å². The van der Waals surface area contributed by atoms with Gasteiger partial charge in [0.1, 0.15) is 0 Å². The van der Waals surface area contributed by atoms with E-state index in [0.717, 1.165) is 0 Å². The quantitative estimate of drug-likeness (QED) is 0.339. The lowest BCUT2D eigenvalue weighted by Crippen LogP contribution is -2.20. The Kier molecular flexibility index (Phi) is 3.20. The second kappa shape index (κ2) is 4.80. The second-order valence-electron chi connectivity index (χ2n) is 3.34. The molecule has 0 radical (unpaired) electrons. The summed E-state index contributed by atoms with van der Waals surface area (Å²) < 4.78 is 0. The summed E-state index contributed by atoms with van der Waals surface area (Å²) in [4.78, 5) is 15.1. The number of nitro benzene ring substituents is 1. The highest BCUT2D eigenvalue weighted by Crippen LogP contribution is 2.34. The molecule has 0 aliphatic heterocycles. The molecule has 8 heteroatoms. The Balaban J connectivity index is 2.40. The van der Waals surface area contributed by atoms with Crippen LogP contribution >= 0.6 is 11.3 Å². The third-order valence-corrected chi connectivity index (χ3v) is 3.06. The smallest absolute Gasteiger partial charge is 0.278 e. The van der Waals surface area contributed by atoms with Gasteiger partial charge >= 0.3 is 0 Å². The lowest BCUT2D eigenvalue weighted by atomic mass is 10.1. The van der Waals surface area contributed by atoms with Gasteiger partial charge in [-0.2, -0.15) is 0 Å². The number of nitro groups is 1. The first-order chi connectivity index (χ1) is 8.58. The van der Waals surface area contributed by atoms with Gasteiger partial charge in [0, 0.05) is 12.3 Å². The maximum atomic E-state index is 10.9. The van der Waals surface area contributed by atoms with E-state index in [1.165, 1.54) is 23.6 Å². The SMILES string of the molecule is N=C(N)Nc1ncc(-c2ccccc2[N+](=O)[O-])s1. The molecule has 92 valence electrons. The number of guanidine groups is 1. The van der Waals surface area contributed by atoms with Crippen LogP contribution < -0.4 is 11.1 Å². The van der Waals surface area contributed by atoms with Crippen LogP contribution in [0, 0.1) is 15.5 Å². The zero-order valence-electron chi connectivity index (χ0n) is 9.08. The van der Waals surface area contributed by atoms with E-state index < -0.39 is 4.92 Å². The Hall–Kier alpha value is -2.48. The standard InChI is InChI=1S/C10H9N5O2S/c11-9(12)14-10-13-5-8(18-10)6-3-1-2-4-7(6)15(16)17/h1-5H,(H4,11,12,13,14). The second-order valence-corrected chi connectivity index (χ2v) is 4.37. The number of rotatable bonds is 3. The summed E-state index contributed by atoms with van der Waals surface area (Å²) in [6.07, 6.45) is 1.51. The topological polar surface area (TPSA) is 118 Å². The van der Waals surface area contributed by atoms with Crippen molar-refractivity contribution < 1.29 is 4.92 Å². The van der Waals surface area contributed by atoms with E-state index in [0.29, 0.717) is 15.6 Å². The molecule has 0 saturated carbocycles. The fraction of sp³-hybridized carbons (Fsp3) is 0. The molecule has 0 unspecified atom stereocenters. The summed E-state index contributed by atoms with van der Waals surface area (Å²) >= 11 is 1.20. The van der Waals surface area contributed by atoms with Crippen molar-refractivity contribution in [3.63, 3.8) is 0 Å². The molecule has 0 amide bonds. The lowest BCUT2D eigenvalue weighted by molar-refractivity contribution is -0.384. The van der Waals surface area contributed by atoms with Crippen molar-refractivity contribution in [2.45, 2.75) is 0 Å². The number of aromatic nitrogens is 1. The Morgan fingerprint density at radius 2 is 2.22 bits per heavy atom. The zero-order chi connectivity index (χ0) is 13.1. The van der Waals surface area contributed by atoms with E-state index >= 15 is 0 Å². The van der Waals surface area contributed by atoms with Gasteiger partial charge in [-0.25, -0.2) is 4.98 Å². The van der Waals surface area contributed by atoms with Gasteiger partial charge in [-0.3, -0.25) is 15.5 Å². The summed E-state index contributed by atoms with van der Waals surface area (Å²) in [7, 11) is 0. The lowest BCUT2D eigenvalue weighted by Gasteiger charge is -1.98. The van der Waals surface area contributed by atoms with Crippen LogP contribution in [0.5, 0.6) is 0 Å². The number of thiazole rings is 1. The molecular weight excluding hydrogens is 254 g/mol. The molecule has 18 heavy (non-hydrogen) atoms.